The zero-order valence-electron chi connectivity index (χ0n) is 11.5. The quantitative estimate of drug-likeness (QED) is 0.740. The molecule has 0 atom stereocenters. The molecule has 106 valence electrons. The van der Waals surface area contributed by atoms with E-state index in [2.05, 4.69) is 19.2 Å². The van der Waals surface area contributed by atoms with E-state index in [0.717, 1.165) is 18.8 Å². The van der Waals surface area contributed by atoms with Crippen molar-refractivity contribution >= 4 is 17.8 Å². The number of hydrogen-bond acceptors (Lipinski definition) is 4. The molecule has 0 aliphatic carbocycles. The molecule has 0 aromatic heterocycles. The SMILES string of the molecule is COCCOCCNC(=O)N1CCSC(C)(C)C1. The fourth-order valence-corrected chi connectivity index (χ4v) is 2.89. The molecule has 0 bridgehead atoms. The molecule has 0 spiro atoms. The van der Waals surface area contributed by atoms with Gasteiger partial charge in [-0.2, -0.15) is 11.8 Å². The van der Waals surface area contributed by atoms with Crippen LogP contribution < -0.4 is 5.32 Å². The number of thioether (sulfide) groups is 1. The number of nitrogens with one attached hydrogen (secondary N) is 1. The first-order valence-corrected chi connectivity index (χ1v) is 7.27. The zero-order chi connectivity index (χ0) is 13.4. The summed E-state index contributed by atoms with van der Waals surface area (Å²) in [4.78, 5) is 13.8. The largest absolute Gasteiger partial charge is 0.382 e. The third-order valence-corrected chi connectivity index (χ3v) is 3.96. The van der Waals surface area contributed by atoms with E-state index < -0.39 is 0 Å². The summed E-state index contributed by atoms with van der Waals surface area (Å²) in [6.45, 7) is 8.20. The second kappa shape index (κ2) is 7.86. The van der Waals surface area contributed by atoms with Crippen molar-refractivity contribution in [1.82, 2.24) is 10.2 Å². The lowest BCUT2D eigenvalue weighted by Gasteiger charge is -2.37. The van der Waals surface area contributed by atoms with E-state index in [1.165, 1.54) is 0 Å². The third kappa shape index (κ3) is 5.93. The van der Waals surface area contributed by atoms with Gasteiger partial charge < -0.3 is 19.7 Å². The first kappa shape index (κ1) is 15.6. The molecule has 1 rings (SSSR count). The van der Waals surface area contributed by atoms with Crippen molar-refractivity contribution in [2.24, 2.45) is 0 Å². The molecule has 1 heterocycles. The van der Waals surface area contributed by atoms with Crippen LogP contribution in [0.15, 0.2) is 0 Å². The Bertz CT molecular complexity index is 262. The summed E-state index contributed by atoms with van der Waals surface area (Å²) in [5, 5.41) is 2.88. The molecule has 6 heteroatoms. The van der Waals surface area contributed by atoms with Gasteiger partial charge in [-0.15, -0.1) is 0 Å². The van der Waals surface area contributed by atoms with Crippen LogP contribution in [-0.4, -0.2) is 68.0 Å². The van der Waals surface area contributed by atoms with Crippen LogP contribution in [0.1, 0.15) is 13.8 Å². The van der Waals surface area contributed by atoms with Crippen LogP contribution in [0.4, 0.5) is 4.79 Å². The van der Waals surface area contributed by atoms with Crippen molar-refractivity contribution < 1.29 is 14.3 Å². The van der Waals surface area contributed by atoms with Crippen molar-refractivity contribution in [2.75, 3.05) is 52.3 Å². The smallest absolute Gasteiger partial charge is 0.317 e. The minimum atomic E-state index is 0.0127. The van der Waals surface area contributed by atoms with Crippen LogP contribution in [0.3, 0.4) is 0 Å². The van der Waals surface area contributed by atoms with Gasteiger partial charge in [-0.05, 0) is 13.8 Å². The fraction of sp³-hybridized carbons (Fsp3) is 0.917. The molecule has 1 aliphatic rings. The van der Waals surface area contributed by atoms with Crippen molar-refractivity contribution in [3.05, 3.63) is 0 Å². The normalized spacial score (nSPS) is 18.7. The monoisotopic (exact) mass is 276 g/mol. The molecule has 5 nitrogen and oxygen atoms in total. The predicted molar refractivity (Wildman–Crippen MR) is 74.2 cm³/mol. The molecule has 1 aliphatic heterocycles. The first-order chi connectivity index (χ1) is 8.55. The lowest BCUT2D eigenvalue weighted by atomic mass is 10.2. The highest BCUT2D eigenvalue weighted by Gasteiger charge is 2.29. The summed E-state index contributed by atoms with van der Waals surface area (Å²) < 4.78 is 10.3. The number of hydrogen-bond donors (Lipinski definition) is 1. The molecule has 1 fully saturated rings. The molecule has 0 aromatic carbocycles. The average Bonchev–Trinajstić information content (AvgIpc) is 2.32. The summed E-state index contributed by atoms with van der Waals surface area (Å²) in [5.41, 5.74) is 0. The maximum atomic E-state index is 11.9. The van der Waals surface area contributed by atoms with Gasteiger partial charge in [0.05, 0.1) is 19.8 Å². The summed E-state index contributed by atoms with van der Waals surface area (Å²) in [6, 6.07) is 0.0127. The summed E-state index contributed by atoms with van der Waals surface area (Å²) in [5.74, 6) is 1.00. The number of ether oxygens (including phenoxy) is 2. The highest BCUT2D eigenvalue weighted by molar-refractivity contribution is 8.00. The van der Waals surface area contributed by atoms with Gasteiger partial charge in [-0.3, -0.25) is 0 Å². The van der Waals surface area contributed by atoms with Crippen LogP contribution in [0, 0.1) is 0 Å². The fourth-order valence-electron chi connectivity index (χ4n) is 1.78. The summed E-state index contributed by atoms with van der Waals surface area (Å²) in [6.07, 6.45) is 0. The molecule has 18 heavy (non-hydrogen) atoms. The van der Waals surface area contributed by atoms with Gasteiger partial charge in [0.15, 0.2) is 0 Å². The van der Waals surface area contributed by atoms with E-state index in [9.17, 15) is 4.79 Å². The number of nitrogens with zero attached hydrogens (tertiary/aromatic N) is 1. The van der Waals surface area contributed by atoms with E-state index in [1.54, 1.807) is 7.11 Å². The number of carbonyl (C=O) groups excluding carboxylic acids is 1. The molecular weight excluding hydrogens is 252 g/mol. The van der Waals surface area contributed by atoms with Crippen LogP contribution >= 0.6 is 11.8 Å². The Labute approximate surface area is 114 Å². The number of carbonyl (C=O) groups is 1. The predicted octanol–water partition coefficient (Wildman–Crippen LogP) is 1.19. The van der Waals surface area contributed by atoms with E-state index in [-0.39, 0.29) is 10.8 Å². The van der Waals surface area contributed by atoms with Crippen LogP contribution in [0.25, 0.3) is 0 Å². The lowest BCUT2D eigenvalue weighted by Crippen LogP contribution is -2.50. The van der Waals surface area contributed by atoms with Gasteiger partial charge in [0.25, 0.3) is 0 Å². The number of urea groups is 1. The first-order valence-electron chi connectivity index (χ1n) is 6.28. The minimum Gasteiger partial charge on any atom is -0.382 e. The van der Waals surface area contributed by atoms with Crippen molar-refractivity contribution in [3.8, 4) is 0 Å². The Kier molecular flexibility index (Phi) is 6.81. The van der Waals surface area contributed by atoms with Gasteiger partial charge in [-0.25, -0.2) is 4.79 Å². The minimum absolute atomic E-state index is 0.0127. The van der Waals surface area contributed by atoms with Gasteiger partial charge in [0, 0.05) is 37.2 Å². The lowest BCUT2D eigenvalue weighted by molar-refractivity contribution is 0.0720. The van der Waals surface area contributed by atoms with E-state index in [1.807, 2.05) is 16.7 Å². The van der Waals surface area contributed by atoms with E-state index >= 15 is 0 Å². The molecule has 0 saturated carbocycles. The Morgan fingerprint density at radius 1 is 1.39 bits per heavy atom. The van der Waals surface area contributed by atoms with Gasteiger partial charge >= 0.3 is 6.03 Å². The van der Waals surface area contributed by atoms with Crippen LogP contribution in [0.5, 0.6) is 0 Å². The number of rotatable bonds is 6. The maximum Gasteiger partial charge on any atom is 0.317 e. The second-order valence-corrected chi connectivity index (χ2v) is 6.67. The Morgan fingerprint density at radius 2 is 2.17 bits per heavy atom. The van der Waals surface area contributed by atoms with Crippen LogP contribution in [0.2, 0.25) is 0 Å². The Balaban J connectivity index is 2.12. The van der Waals surface area contributed by atoms with Gasteiger partial charge in [0.1, 0.15) is 0 Å². The van der Waals surface area contributed by atoms with Gasteiger partial charge in [0.2, 0.25) is 0 Å². The maximum absolute atomic E-state index is 11.9. The highest BCUT2D eigenvalue weighted by Crippen LogP contribution is 2.29. The summed E-state index contributed by atoms with van der Waals surface area (Å²) >= 11 is 1.92. The van der Waals surface area contributed by atoms with E-state index in [4.69, 9.17) is 9.47 Å². The Morgan fingerprint density at radius 3 is 2.83 bits per heavy atom. The summed E-state index contributed by atoms with van der Waals surface area (Å²) in [7, 11) is 1.64. The number of amides is 2. The van der Waals surface area contributed by atoms with Crippen LogP contribution in [-0.2, 0) is 9.47 Å². The van der Waals surface area contributed by atoms with E-state index in [0.29, 0.717) is 26.4 Å². The standard InChI is InChI=1S/C12H24N2O3S/c1-12(2)10-14(5-9-18-12)11(15)13-4-6-17-8-7-16-3/h4-10H2,1-3H3,(H,13,15). The Hall–Kier alpha value is -0.460. The second-order valence-electron chi connectivity index (χ2n) is 4.87. The molecule has 1 N–H and O–H groups in total. The molecule has 2 amide bonds. The average molecular weight is 276 g/mol. The molecular formula is C12H24N2O3S. The van der Waals surface area contributed by atoms with Crippen molar-refractivity contribution in [1.29, 1.82) is 0 Å². The van der Waals surface area contributed by atoms with Crippen molar-refractivity contribution in [3.63, 3.8) is 0 Å². The zero-order valence-corrected chi connectivity index (χ0v) is 12.3. The third-order valence-electron chi connectivity index (χ3n) is 2.67. The molecule has 1 saturated heterocycles. The van der Waals surface area contributed by atoms with Gasteiger partial charge in [-0.1, -0.05) is 0 Å². The molecule has 0 aromatic rings. The highest BCUT2D eigenvalue weighted by atomic mass is 32.2. The van der Waals surface area contributed by atoms with Crippen molar-refractivity contribution in [2.45, 2.75) is 18.6 Å². The molecule has 0 radical (unpaired) electrons. The topological polar surface area (TPSA) is 50.8 Å². The molecule has 0 unspecified atom stereocenters. The number of methoxy groups -OCH3 is 1.